The number of hydrogen-bond acceptors (Lipinski definition) is 8. The van der Waals surface area contributed by atoms with Gasteiger partial charge in [-0.2, -0.15) is 4.31 Å². The Labute approximate surface area is 228 Å². The van der Waals surface area contributed by atoms with Crippen LogP contribution in [0.3, 0.4) is 0 Å². The Morgan fingerprint density at radius 2 is 1.90 bits per heavy atom. The number of aromatic nitrogens is 4. The lowest BCUT2D eigenvalue weighted by atomic mass is 10.0. The Hall–Kier alpha value is -3.44. The Balaban J connectivity index is 1.32. The fourth-order valence-corrected chi connectivity index (χ4v) is 7.49. The Morgan fingerprint density at radius 3 is 2.54 bits per heavy atom. The summed E-state index contributed by atoms with van der Waals surface area (Å²) in [5, 5.41) is 4.17. The fraction of sp³-hybridized carbons (Fsp3) is 0.464. The number of anilines is 1. The third-order valence-electron chi connectivity index (χ3n) is 8.61. The second-order valence-corrected chi connectivity index (χ2v) is 12.1. The van der Waals surface area contributed by atoms with Gasteiger partial charge in [0.05, 0.1) is 22.5 Å². The summed E-state index contributed by atoms with van der Waals surface area (Å²) in [6.45, 7) is 7.79. The Morgan fingerprint density at radius 1 is 1.10 bits per heavy atom. The van der Waals surface area contributed by atoms with E-state index in [1.165, 1.54) is 0 Å². The molecule has 11 heteroatoms. The fourth-order valence-electron chi connectivity index (χ4n) is 6.39. The van der Waals surface area contributed by atoms with Gasteiger partial charge in [0.15, 0.2) is 5.75 Å². The first-order valence-corrected chi connectivity index (χ1v) is 14.7. The number of ether oxygens (including phenoxy) is 1. The molecule has 0 radical (unpaired) electrons. The van der Waals surface area contributed by atoms with Crippen molar-refractivity contribution in [3.8, 4) is 16.9 Å². The summed E-state index contributed by atoms with van der Waals surface area (Å²) in [4.78, 5) is 12.1. The van der Waals surface area contributed by atoms with Crippen LogP contribution in [0.15, 0.2) is 41.1 Å². The maximum Gasteiger partial charge on any atom is 0.207 e. The smallest absolute Gasteiger partial charge is 0.207 e. The van der Waals surface area contributed by atoms with Gasteiger partial charge in [-0.1, -0.05) is 11.2 Å². The average Bonchev–Trinajstić information content (AvgIpc) is 3.41. The first kappa shape index (κ1) is 24.6. The van der Waals surface area contributed by atoms with Crippen molar-refractivity contribution in [1.29, 1.82) is 0 Å². The molecule has 3 aliphatic rings. The molecule has 0 unspecified atom stereocenters. The second kappa shape index (κ2) is 9.06. The zero-order valence-corrected chi connectivity index (χ0v) is 23.2. The number of nitrogens with zero attached hydrogens (tertiary/aromatic N) is 6. The molecule has 7 rings (SSSR count). The lowest BCUT2D eigenvalue weighted by molar-refractivity contribution is 0.217. The summed E-state index contributed by atoms with van der Waals surface area (Å²) in [6, 6.07) is 9.89. The molecule has 0 spiro atoms. The number of rotatable bonds is 6. The van der Waals surface area contributed by atoms with Crippen molar-refractivity contribution in [2.75, 3.05) is 24.6 Å². The molecule has 10 nitrogen and oxygen atoms in total. The summed E-state index contributed by atoms with van der Waals surface area (Å²) in [6.07, 6.45) is 5.22. The van der Waals surface area contributed by atoms with Crippen molar-refractivity contribution >= 4 is 27.9 Å². The van der Waals surface area contributed by atoms with E-state index < -0.39 is 10.9 Å². The van der Waals surface area contributed by atoms with Crippen LogP contribution in [-0.4, -0.2) is 63.7 Å². The van der Waals surface area contributed by atoms with Crippen LogP contribution in [0, 0.1) is 13.8 Å². The van der Waals surface area contributed by atoms with E-state index in [9.17, 15) is 8.42 Å². The van der Waals surface area contributed by atoms with Crippen molar-refractivity contribution in [2.24, 2.45) is 0 Å². The number of thiol groups is 1. The highest BCUT2D eigenvalue weighted by Gasteiger charge is 2.48. The van der Waals surface area contributed by atoms with Crippen LogP contribution in [-0.2, 0) is 10.9 Å². The molecule has 0 N–H and O–H groups in total. The molecule has 204 valence electrons. The van der Waals surface area contributed by atoms with E-state index in [0.29, 0.717) is 6.61 Å². The molecule has 2 fully saturated rings. The molecule has 0 bridgehead atoms. The molecule has 3 aromatic heterocycles. The van der Waals surface area contributed by atoms with E-state index in [2.05, 4.69) is 26.5 Å². The largest absolute Gasteiger partial charge is 0.488 e. The van der Waals surface area contributed by atoms with Crippen LogP contribution in [0.25, 0.3) is 22.2 Å². The van der Waals surface area contributed by atoms with Crippen molar-refractivity contribution in [2.45, 2.75) is 64.1 Å². The van der Waals surface area contributed by atoms with Gasteiger partial charge in [0.1, 0.15) is 23.9 Å². The number of benzene rings is 1. The van der Waals surface area contributed by atoms with Gasteiger partial charge in [-0.15, -0.1) is 0 Å². The molecule has 1 saturated carbocycles. The standard InChI is InChI=1S/C28H32N6O4S/c1-17-24(18(2)38-31-17)20-7-8-22-25-26(20)37-16-23(21-6-4-5-13-29-21)33(25)27(30-22)32-14-9-19(10-15-32)34(39(35)36)28(3)11-12-28/h4-8,13,19,23,39H,9-12,14-16H2,1-3H3/t23-/m1/s1. The SMILES string of the molecule is Cc1noc(C)c1-c1ccc2nc(N3CCC(N([SH](=O)=O)C4(C)CC4)CC3)n3c2c1OC[C@@H]3c1ccccn1. The summed E-state index contributed by atoms with van der Waals surface area (Å²) in [5.41, 5.74) is 5.20. The normalized spacial score (nSPS) is 20.6. The van der Waals surface area contributed by atoms with Crippen molar-refractivity contribution < 1.29 is 17.7 Å². The highest BCUT2D eigenvalue weighted by atomic mass is 32.2. The maximum absolute atomic E-state index is 12.2. The summed E-state index contributed by atoms with van der Waals surface area (Å²) >= 11 is 0. The molecule has 4 aromatic rings. The van der Waals surface area contributed by atoms with Gasteiger partial charge in [-0.05, 0) is 70.7 Å². The van der Waals surface area contributed by atoms with E-state index in [1.54, 1.807) is 4.31 Å². The maximum atomic E-state index is 12.2. The van der Waals surface area contributed by atoms with E-state index in [-0.39, 0.29) is 17.6 Å². The first-order valence-electron chi connectivity index (χ1n) is 13.6. The molecule has 0 amide bonds. The molecular weight excluding hydrogens is 516 g/mol. The molecule has 1 atom stereocenters. The van der Waals surface area contributed by atoms with Gasteiger partial charge in [-0.3, -0.25) is 9.55 Å². The summed E-state index contributed by atoms with van der Waals surface area (Å²) in [5.74, 6) is 2.40. The van der Waals surface area contributed by atoms with Crippen molar-refractivity contribution in [3.05, 3.63) is 53.7 Å². The predicted octanol–water partition coefficient (Wildman–Crippen LogP) is 4.03. The highest BCUT2D eigenvalue weighted by molar-refractivity contribution is 7.70. The summed E-state index contributed by atoms with van der Waals surface area (Å²) < 4.78 is 40.3. The van der Waals surface area contributed by atoms with Crippen molar-refractivity contribution in [3.63, 3.8) is 0 Å². The van der Waals surface area contributed by atoms with Crippen LogP contribution in [0.5, 0.6) is 5.75 Å². The Bertz CT molecular complexity index is 1610. The third kappa shape index (κ3) is 3.93. The van der Waals surface area contributed by atoms with E-state index >= 15 is 0 Å². The number of imidazole rings is 1. The third-order valence-corrected chi connectivity index (χ3v) is 9.77. The molecule has 1 aromatic carbocycles. The minimum absolute atomic E-state index is 0.0252. The molecule has 1 aliphatic carbocycles. The number of hydrogen-bond donors (Lipinski definition) is 1. The van der Waals surface area contributed by atoms with E-state index in [4.69, 9.17) is 14.2 Å². The molecule has 5 heterocycles. The summed E-state index contributed by atoms with van der Waals surface area (Å²) in [7, 11) is -2.61. The minimum atomic E-state index is -2.61. The van der Waals surface area contributed by atoms with Crippen LogP contribution in [0.1, 0.15) is 55.8 Å². The topological polar surface area (TPSA) is 107 Å². The molecule has 1 saturated heterocycles. The van der Waals surface area contributed by atoms with E-state index in [0.717, 1.165) is 89.8 Å². The molecular formula is C28H32N6O4S. The van der Waals surface area contributed by atoms with Crippen LogP contribution >= 0.6 is 0 Å². The monoisotopic (exact) mass is 548 g/mol. The molecule has 2 aliphatic heterocycles. The van der Waals surface area contributed by atoms with Crippen molar-refractivity contribution in [1.82, 2.24) is 24.0 Å². The van der Waals surface area contributed by atoms with Gasteiger partial charge in [0.25, 0.3) is 0 Å². The van der Waals surface area contributed by atoms with Gasteiger partial charge in [0, 0.05) is 36.4 Å². The predicted molar refractivity (Wildman–Crippen MR) is 148 cm³/mol. The highest BCUT2D eigenvalue weighted by Crippen LogP contribution is 2.47. The number of piperidine rings is 1. The van der Waals surface area contributed by atoms with Gasteiger partial charge in [-0.25, -0.2) is 13.4 Å². The average molecular weight is 549 g/mol. The lowest BCUT2D eigenvalue weighted by Gasteiger charge is -2.39. The zero-order chi connectivity index (χ0) is 26.9. The number of aryl methyl sites for hydroxylation is 2. The minimum Gasteiger partial charge on any atom is -0.488 e. The van der Waals surface area contributed by atoms with Crippen LogP contribution in [0.4, 0.5) is 5.95 Å². The van der Waals surface area contributed by atoms with Gasteiger partial charge >= 0.3 is 0 Å². The lowest BCUT2D eigenvalue weighted by Crippen LogP contribution is -2.49. The first-order chi connectivity index (χ1) is 18.9. The second-order valence-electron chi connectivity index (χ2n) is 11.2. The zero-order valence-electron chi connectivity index (χ0n) is 22.3. The molecule has 39 heavy (non-hydrogen) atoms. The van der Waals surface area contributed by atoms with Crippen LogP contribution < -0.4 is 9.64 Å². The van der Waals surface area contributed by atoms with Crippen LogP contribution in [0.2, 0.25) is 0 Å². The van der Waals surface area contributed by atoms with Gasteiger partial charge in [0.2, 0.25) is 16.8 Å². The van der Waals surface area contributed by atoms with E-state index in [1.807, 2.05) is 50.4 Å². The quantitative estimate of drug-likeness (QED) is 0.360. The number of pyridine rings is 1. The Kier molecular flexibility index (Phi) is 5.71. The van der Waals surface area contributed by atoms with Gasteiger partial charge < -0.3 is 14.2 Å².